The van der Waals surface area contributed by atoms with Gasteiger partial charge in [-0.05, 0) is 45.0 Å². The number of hydrogen-bond donors (Lipinski definition) is 0. The molecule has 7 nitrogen and oxygen atoms in total. The third-order valence-corrected chi connectivity index (χ3v) is 7.02. The van der Waals surface area contributed by atoms with Crippen LogP contribution in [0.25, 0.3) is 10.9 Å². The lowest BCUT2D eigenvalue weighted by molar-refractivity contribution is 0.0127. The molecular formula is C24H28N2O5S. The number of hydrogen-bond acceptors (Lipinski definition) is 5. The van der Waals surface area contributed by atoms with Crippen molar-refractivity contribution < 1.29 is 22.7 Å². The summed E-state index contributed by atoms with van der Waals surface area (Å²) >= 11 is 0. The second-order valence-electron chi connectivity index (χ2n) is 8.91. The van der Waals surface area contributed by atoms with Crippen LogP contribution in [-0.2, 0) is 14.8 Å². The molecule has 4 rings (SSSR count). The molecule has 0 radical (unpaired) electrons. The van der Waals surface area contributed by atoms with Crippen LogP contribution in [0.1, 0.15) is 33.6 Å². The van der Waals surface area contributed by atoms with Gasteiger partial charge in [-0.2, -0.15) is 0 Å². The molecule has 0 atom stereocenters. The monoisotopic (exact) mass is 456 g/mol. The van der Waals surface area contributed by atoms with Gasteiger partial charge in [-0.25, -0.2) is 17.2 Å². The summed E-state index contributed by atoms with van der Waals surface area (Å²) in [5.41, 5.74) is -0.0126. The van der Waals surface area contributed by atoms with Crippen molar-refractivity contribution in [2.24, 2.45) is 0 Å². The minimum atomic E-state index is -3.76. The first-order chi connectivity index (χ1) is 15.1. The highest BCUT2D eigenvalue weighted by molar-refractivity contribution is 7.90. The maximum Gasteiger partial charge on any atom is 0.410 e. The van der Waals surface area contributed by atoms with Gasteiger partial charge in [0.2, 0.25) is 0 Å². The van der Waals surface area contributed by atoms with Crippen LogP contribution in [0.15, 0.2) is 65.7 Å². The van der Waals surface area contributed by atoms with E-state index < -0.39 is 15.6 Å². The summed E-state index contributed by atoms with van der Waals surface area (Å²) in [6.07, 6.45) is 2.40. The van der Waals surface area contributed by atoms with E-state index in [1.165, 1.54) is 3.97 Å². The maximum absolute atomic E-state index is 13.2. The number of nitrogens with zero attached hydrogens (tertiary/aromatic N) is 2. The molecule has 1 aliphatic rings. The summed E-state index contributed by atoms with van der Waals surface area (Å²) in [6, 6.07) is 15.6. The minimum Gasteiger partial charge on any atom is -0.488 e. The van der Waals surface area contributed by atoms with Gasteiger partial charge in [0.1, 0.15) is 23.0 Å². The Bertz CT molecular complexity index is 1200. The van der Waals surface area contributed by atoms with E-state index >= 15 is 0 Å². The number of carbonyl (C=O) groups is 1. The second-order valence-corrected chi connectivity index (χ2v) is 10.7. The van der Waals surface area contributed by atoms with Crippen LogP contribution in [0, 0.1) is 0 Å². The molecule has 1 aliphatic heterocycles. The fraction of sp³-hybridized carbons (Fsp3) is 0.375. The number of amides is 1. The van der Waals surface area contributed by atoms with Gasteiger partial charge >= 0.3 is 6.09 Å². The highest BCUT2D eigenvalue weighted by Crippen LogP contribution is 2.32. The smallest absolute Gasteiger partial charge is 0.410 e. The van der Waals surface area contributed by atoms with Crippen molar-refractivity contribution in [3.63, 3.8) is 0 Å². The minimum absolute atomic E-state index is 0.123. The Balaban J connectivity index is 1.54. The molecule has 0 saturated carbocycles. The van der Waals surface area contributed by atoms with Crippen molar-refractivity contribution in [2.45, 2.75) is 50.2 Å². The predicted octanol–water partition coefficient (Wildman–Crippen LogP) is 4.66. The first-order valence-corrected chi connectivity index (χ1v) is 12.1. The van der Waals surface area contributed by atoms with Gasteiger partial charge in [0.15, 0.2) is 0 Å². The molecule has 8 heteroatoms. The van der Waals surface area contributed by atoms with Crippen molar-refractivity contribution in [3.8, 4) is 5.75 Å². The zero-order valence-corrected chi connectivity index (χ0v) is 19.3. The van der Waals surface area contributed by atoms with E-state index in [-0.39, 0.29) is 17.1 Å². The van der Waals surface area contributed by atoms with Gasteiger partial charge in [-0.3, -0.25) is 0 Å². The third-order valence-electron chi connectivity index (χ3n) is 5.33. The van der Waals surface area contributed by atoms with Gasteiger partial charge in [-0.15, -0.1) is 0 Å². The number of carbonyl (C=O) groups excluding carboxylic acids is 1. The Labute approximate surface area is 188 Å². The summed E-state index contributed by atoms with van der Waals surface area (Å²) in [5.74, 6) is 0.516. The number of para-hydroxylation sites is 1. The summed E-state index contributed by atoms with van der Waals surface area (Å²) < 4.78 is 39.5. The summed E-state index contributed by atoms with van der Waals surface area (Å²) in [7, 11) is -3.76. The number of fused-ring (bicyclic) bond motifs is 1. The molecule has 2 aromatic carbocycles. The zero-order valence-electron chi connectivity index (χ0n) is 18.5. The Morgan fingerprint density at radius 2 is 1.66 bits per heavy atom. The second kappa shape index (κ2) is 8.50. The Kier molecular flexibility index (Phi) is 5.90. The molecule has 1 aromatic heterocycles. The molecule has 0 N–H and O–H groups in total. The van der Waals surface area contributed by atoms with Crippen LogP contribution in [0.3, 0.4) is 0 Å². The molecule has 1 fully saturated rings. The Hall–Kier alpha value is -3.00. The average Bonchev–Trinajstić information content (AvgIpc) is 3.20. The number of ether oxygens (including phenoxy) is 2. The van der Waals surface area contributed by atoms with Gasteiger partial charge in [-0.1, -0.05) is 30.3 Å². The van der Waals surface area contributed by atoms with E-state index in [1.807, 2.05) is 32.9 Å². The van der Waals surface area contributed by atoms with Crippen LogP contribution >= 0.6 is 0 Å². The molecule has 0 bridgehead atoms. The average molecular weight is 457 g/mol. The van der Waals surface area contributed by atoms with Gasteiger partial charge < -0.3 is 14.4 Å². The summed E-state index contributed by atoms with van der Waals surface area (Å²) in [5, 5.41) is 0.785. The molecule has 3 aromatic rings. The highest BCUT2D eigenvalue weighted by atomic mass is 32.2. The lowest BCUT2D eigenvalue weighted by Crippen LogP contribution is -2.44. The predicted molar refractivity (Wildman–Crippen MR) is 122 cm³/mol. The van der Waals surface area contributed by atoms with Crippen LogP contribution < -0.4 is 4.74 Å². The van der Waals surface area contributed by atoms with Crippen molar-refractivity contribution in [3.05, 3.63) is 60.8 Å². The molecule has 0 unspecified atom stereocenters. The summed E-state index contributed by atoms with van der Waals surface area (Å²) in [4.78, 5) is 14.2. The van der Waals surface area contributed by atoms with Crippen LogP contribution in [-0.4, -0.2) is 48.2 Å². The summed E-state index contributed by atoms with van der Waals surface area (Å²) in [6.45, 7) is 6.60. The quantitative estimate of drug-likeness (QED) is 0.571. The van der Waals surface area contributed by atoms with Gasteiger partial charge in [0, 0.05) is 37.5 Å². The van der Waals surface area contributed by atoms with E-state index in [9.17, 15) is 13.2 Å². The molecule has 0 spiro atoms. The lowest BCUT2D eigenvalue weighted by atomic mass is 10.1. The molecule has 0 aliphatic carbocycles. The van der Waals surface area contributed by atoms with Crippen molar-refractivity contribution in [2.75, 3.05) is 13.1 Å². The third kappa shape index (κ3) is 4.60. The molecule has 32 heavy (non-hydrogen) atoms. The highest BCUT2D eigenvalue weighted by Gasteiger charge is 2.28. The lowest BCUT2D eigenvalue weighted by Gasteiger charge is -2.33. The number of piperidine rings is 1. The fourth-order valence-corrected chi connectivity index (χ4v) is 5.18. The van der Waals surface area contributed by atoms with E-state index in [2.05, 4.69) is 0 Å². The molecule has 1 saturated heterocycles. The molecule has 2 heterocycles. The van der Waals surface area contributed by atoms with E-state index in [0.29, 0.717) is 37.2 Å². The number of rotatable bonds is 4. The largest absolute Gasteiger partial charge is 0.488 e. The SMILES string of the molecule is CC(C)(C)OC(=O)N1CCC(Oc2cccc3ccn(S(=O)(=O)c4ccccc4)c23)CC1. The van der Waals surface area contributed by atoms with E-state index in [1.54, 1.807) is 53.6 Å². The fourth-order valence-electron chi connectivity index (χ4n) is 3.80. The maximum atomic E-state index is 13.2. The van der Waals surface area contributed by atoms with Crippen LogP contribution in [0.2, 0.25) is 0 Å². The van der Waals surface area contributed by atoms with Crippen LogP contribution in [0.4, 0.5) is 4.79 Å². The Morgan fingerprint density at radius 1 is 0.969 bits per heavy atom. The van der Waals surface area contributed by atoms with Crippen molar-refractivity contribution in [1.82, 2.24) is 8.87 Å². The van der Waals surface area contributed by atoms with Gasteiger partial charge in [0.05, 0.1) is 4.90 Å². The topological polar surface area (TPSA) is 77.8 Å². The molecule has 1 amide bonds. The standard InChI is InChI=1S/C24H28N2O5S/c1-24(2,3)31-23(27)25-15-13-19(14-16-25)30-21-11-7-8-18-12-17-26(22(18)21)32(28,29)20-9-5-4-6-10-20/h4-12,17,19H,13-16H2,1-3H3. The van der Waals surface area contributed by atoms with Crippen molar-refractivity contribution in [1.29, 1.82) is 0 Å². The van der Waals surface area contributed by atoms with Crippen molar-refractivity contribution >= 4 is 27.0 Å². The number of benzene rings is 2. The zero-order chi connectivity index (χ0) is 22.9. The number of likely N-dealkylation sites (tertiary alicyclic amines) is 1. The van der Waals surface area contributed by atoms with Crippen LogP contribution in [0.5, 0.6) is 5.75 Å². The van der Waals surface area contributed by atoms with E-state index in [0.717, 1.165) is 5.39 Å². The van der Waals surface area contributed by atoms with E-state index in [4.69, 9.17) is 9.47 Å². The van der Waals surface area contributed by atoms with Gasteiger partial charge in [0.25, 0.3) is 10.0 Å². The molecule has 170 valence electrons. The Morgan fingerprint density at radius 3 is 2.31 bits per heavy atom. The first-order valence-electron chi connectivity index (χ1n) is 10.7. The first kappa shape index (κ1) is 22.2. The molecular weight excluding hydrogens is 428 g/mol. The number of aromatic nitrogens is 1. The normalized spacial score (nSPS) is 15.7.